The Morgan fingerprint density at radius 1 is 1.35 bits per heavy atom. The molecule has 0 saturated carbocycles. The summed E-state index contributed by atoms with van der Waals surface area (Å²) < 4.78 is 5.91. The number of hydrogen-bond donors (Lipinski definition) is 1. The number of hydrogen-bond acceptors (Lipinski definition) is 6. The number of aromatic nitrogens is 2. The normalized spacial score (nSPS) is 10.1. The molecule has 9 heteroatoms. The molecule has 2 heterocycles. The Labute approximate surface area is 120 Å². The molecule has 0 spiro atoms. The van der Waals surface area contributed by atoms with Gasteiger partial charge in [0.1, 0.15) is 17.5 Å². The number of rotatable bonds is 4. The van der Waals surface area contributed by atoms with Gasteiger partial charge in [-0.05, 0) is 22.0 Å². The Morgan fingerprint density at radius 2 is 2.10 bits per heavy atom. The van der Waals surface area contributed by atoms with Gasteiger partial charge in [-0.2, -0.15) is 0 Å². The van der Waals surface area contributed by atoms with Crippen molar-refractivity contribution in [2.24, 2.45) is 0 Å². The number of pyridine rings is 2. The van der Waals surface area contributed by atoms with Crippen molar-refractivity contribution in [1.82, 2.24) is 9.97 Å². The van der Waals surface area contributed by atoms with E-state index in [2.05, 4.69) is 25.9 Å². The van der Waals surface area contributed by atoms with E-state index in [0.717, 1.165) is 12.3 Å². The second-order valence-corrected chi connectivity index (χ2v) is 4.47. The Balaban J connectivity index is 2.41. The third-order valence-corrected chi connectivity index (χ3v) is 2.61. The van der Waals surface area contributed by atoms with Crippen LogP contribution >= 0.6 is 15.9 Å². The molecule has 8 nitrogen and oxygen atoms in total. The SMILES string of the molecule is O=C(O)c1cc([N+](=O)[O-])cnc1Oc1cncc(Br)c1. The highest BCUT2D eigenvalue weighted by Gasteiger charge is 2.19. The van der Waals surface area contributed by atoms with Crippen LogP contribution < -0.4 is 4.74 Å². The minimum absolute atomic E-state index is 0.247. The maximum Gasteiger partial charge on any atom is 0.341 e. The molecule has 0 saturated heterocycles. The molecule has 0 bridgehead atoms. The molecule has 2 aromatic rings. The fourth-order valence-corrected chi connectivity index (χ4v) is 1.68. The molecule has 20 heavy (non-hydrogen) atoms. The van der Waals surface area contributed by atoms with Crippen LogP contribution in [0.2, 0.25) is 0 Å². The first kappa shape index (κ1) is 13.9. The van der Waals surface area contributed by atoms with Gasteiger partial charge in [0.25, 0.3) is 5.69 Å². The monoisotopic (exact) mass is 339 g/mol. The summed E-state index contributed by atoms with van der Waals surface area (Å²) in [6.45, 7) is 0. The molecule has 1 N–H and O–H groups in total. The number of halogens is 1. The molecular formula is C11H6BrN3O5. The van der Waals surface area contributed by atoms with E-state index in [-0.39, 0.29) is 11.6 Å². The zero-order chi connectivity index (χ0) is 14.7. The predicted molar refractivity (Wildman–Crippen MR) is 69.9 cm³/mol. The van der Waals surface area contributed by atoms with Crippen LogP contribution in [-0.2, 0) is 0 Å². The smallest absolute Gasteiger partial charge is 0.341 e. The highest BCUT2D eigenvalue weighted by atomic mass is 79.9. The summed E-state index contributed by atoms with van der Waals surface area (Å²) in [6.07, 6.45) is 3.81. The predicted octanol–water partition coefficient (Wildman–Crippen LogP) is 2.64. The van der Waals surface area contributed by atoms with Gasteiger partial charge in [-0.25, -0.2) is 9.78 Å². The number of aromatic carboxylic acids is 1. The summed E-state index contributed by atoms with van der Waals surface area (Å²) in [5.74, 6) is -1.37. The van der Waals surface area contributed by atoms with Crippen LogP contribution in [0.4, 0.5) is 5.69 Å². The van der Waals surface area contributed by atoms with E-state index in [4.69, 9.17) is 9.84 Å². The minimum atomic E-state index is -1.38. The molecule has 0 amide bonds. The van der Waals surface area contributed by atoms with Gasteiger partial charge in [0.2, 0.25) is 5.88 Å². The fourth-order valence-electron chi connectivity index (χ4n) is 1.34. The van der Waals surface area contributed by atoms with Crippen molar-refractivity contribution in [3.8, 4) is 11.6 Å². The van der Waals surface area contributed by atoms with Crippen molar-refractivity contribution in [2.45, 2.75) is 0 Å². The van der Waals surface area contributed by atoms with Gasteiger partial charge in [0.05, 0.1) is 11.1 Å². The lowest BCUT2D eigenvalue weighted by atomic mass is 10.2. The highest BCUT2D eigenvalue weighted by Crippen LogP contribution is 2.27. The van der Waals surface area contributed by atoms with E-state index < -0.39 is 22.1 Å². The van der Waals surface area contributed by atoms with Crippen molar-refractivity contribution in [1.29, 1.82) is 0 Å². The number of carboxylic acids is 1. The quantitative estimate of drug-likeness (QED) is 0.672. The third kappa shape index (κ3) is 3.06. The number of carboxylic acid groups (broad SMARTS) is 1. The fraction of sp³-hybridized carbons (Fsp3) is 0. The molecule has 2 rings (SSSR count). The lowest BCUT2D eigenvalue weighted by Crippen LogP contribution is -2.03. The zero-order valence-corrected chi connectivity index (χ0v) is 11.3. The summed E-state index contributed by atoms with van der Waals surface area (Å²) in [5.41, 5.74) is -0.832. The molecule has 0 aromatic carbocycles. The molecule has 102 valence electrons. The summed E-state index contributed by atoms with van der Waals surface area (Å²) in [5, 5.41) is 19.6. The summed E-state index contributed by atoms with van der Waals surface area (Å²) in [4.78, 5) is 28.5. The maximum absolute atomic E-state index is 11.1. The van der Waals surface area contributed by atoms with Gasteiger partial charge in [-0.15, -0.1) is 0 Å². The van der Waals surface area contributed by atoms with Gasteiger partial charge in [0, 0.05) is 16.7 Å². The molecule has 0 atom stereocenters. The molecule has 0 aliphatic carbocycles. The van der Waals surface area contributed by atoms with Crippen LogP contribution in [0.1, 0.15) is 10.4 Å². The third-order valence-electron chi connectivity index (χ3n) is 2.17. The average molecular weight is 340 g/mol. The van der Waals surface area contributed by atoms with Gasteiger partial charge in [-0.3, -0.25) is 15.1 Å². The molecular weight excluding hydrogens is 334 g/mol. The van der Waals surface area contributed by atoms with Crippen LogP contribution in [-0.4, -0.2) is 26.0 Å². The molecule has 0 unspecified atom stereocenters. The lowest BCUT2D eigenvalue weighted by Gasteiger charge is -2.07. The molecule has 2 aromatic heterocycles. The first-order chi connectivity index (χ1) is 9.47. The lowest BCUT2D eigenvalue weighted by molar-refractivity contribution is -0.385. The van der Waals surface area contributed by atoms with E-state index in [1.54, 1.807) is 6.07 Å². The van der Waals surface area contributed by atoms with Crippen LogP contribution in [0, 0.1) is 10.1 Å². The summed E-state index contributed by atoms with van der Waals surface area (Å²) >= 11 is 3.19. The Bertz CT molecular complexity index is 692. The van der Waals surface area contributed by atoms with E-state index in [1.165, 1.54) is 12.4 Å². The molecule has 0 radical (unpaired) electrons. The van der Waals surface area contributed by atoms with Crippen LogP contribution in [0.15, 0.2) is 35.2 Å². The van der Waals surface area contributed by atoms with Gasteiger partial charge < -0.3 is 9.84 Å². The van der Waals surface area contributed by atoms with Crippen molar-refractivity contribution in [3.63, 3.8) is 0 Å². The summed E-state index contributed by atoms with van der Waals surface area (Å²) in [7, 11) is 0. The second-order valence-electron chi connectivity index (χ2n) is 3.55. The van der Waals surface area contributed by atoms with Crippen molar-refractivity contribution in [2.75, 3.05) is 0 Å². The van der Waals surface area contributed by atoms with Crippen molar-refractivity contribution < 1.29 is 19.6 Å². The van der Waals surface area contributed by atoms with E-state index in [0.29, 0.717) is 4.47 Å². The number of carbonyl (C=O) groups is 1. The van der Waals surface area contributed by atoms with Crippen molar-refractivity contribution in [3.05, 3.63) is 50.9 Å². The Kier molecular flexibility index (Phi) is 3.89. The number of nitrogens with zero attached hydrogens (tertiary/aromatic N) is 3. The van der Waals surface area contributed by atoms with Gasteiger partial charge in [-0.1, -0.05) is 0 Å². The highest BCUT2D eigenvalue weighted by molar-refractivity contribution is 9.10. The Morgan fingerprint density at radius 3 is 2.70 bits per heavy atom. The average Bonchev–Trinajstić information content (AvgIpc) is 2.38. The van der Waals surface area contributed by atoms with E-state index in [1.807, 2.05) is 0 Å². The molecule has 0 aliphatic heterocycles. The van der Waals surface area contributed by atoms with Crippen LogP contribution in [0.5, 0.6) is 11.6 Å². The van der Waals surface area contributed by atoms with E-state index >= 15 is 0 Å². The summed E-state index contributed by atoms with van der Waals surface area (Å²) in [6, 6.07) is 2.44. The molecule has 0 aliphatic rings. The zero-order valence-electron chi connectivity index (χ0n) is 9.69. The number of ether oxygens (including phenoxy) is 1. The van der Waals surface area contributed by atoms with Crippen LogP contribution in [0.25, 0.3) is 0 Å². The largest absolute Gasteiger partial charge is 0.477 e. The van der Waals surface area contributed by atoms with E-state index in [9.17, 15) is 14.9 Å². The first-order valence-electron chi connectivity index (χ1n) is 5.13. The van der Waals surface area contributed by atoms with Crippen LogP contribution in [0.3, 0.4) is 0 Å². The van der Waals surface area contributed by atoms with Gasteiger partial charge in [0.15, 0.2) is 0 Å². The Hall–Kier alpha value is -2.55. The van der Waals surface area contributed by atoms with Crippen molar-refractivity contribution >= 4 is 27.6 Å². The molecule has 0 fully saturated rings. The first-order valence-corrected chi connectivity index (χ1v) is 5.93. The maximum atomic E-state index is 11.1. The number of nitro groups is 1. The van der Waals surface area contributed by atoms with Gasteiger partial charge >= 0.3 is 5.97 Å². The minimum Gasteiger partial charge on any atom is -0.477 e. The standard InChI is InChI=1S/C11H6BrN3O5/c12-6-1-8(5-13-3-6)20-10-9(11(16)17)2-7(4-14-10)15(18)19/h1-5H,(H,16,17). The topological polar surface area (TPSA) is 115 Å². The second kappa shape index (κ2) is 5.61.